The van der Waals surface area contributed by atoms with Gasteiger partial charge in [0, 0.05) is 7.05 Å². The summed E-state index contributed by atoms with van der Waals surface area (Å²) in [6.45, 7) is 5.72. The molecule has 0 atom stereocenters. The van der Waals surface area contributed by atoms with E-state index in [1.54, 1.807) is 24.7 Å². The van der Waals surface area contributed by atoms with E-state index in [-0.39, 0.29) is 0 Å². The minimum Gasteiger partial charge on any atom is -0.384 e. The van der Waals surface area contributed by atoms with Crippen molar-refractivity contribution < 1.29 is 5.11 Å². The van der Waals surface area contributed by atoms with Crippen LogP contribution >= 0.6 is 0 Å². The molecule has 0 amide bonds. The molecule has 2 aromatic rings. The molecule has 7 heteroatoms. The maximum Gasteiger partial charge on any atom is 0.154 e. The Balaban J connectivity index is 2.20. The molecule has 0 aliphatic rings. The number of hydrogen-bond acceptors (Lipinski definition) is 5. The normalized spacial score (nSPS) is 12.1. The highest BCUT2D eigenvalue weighted by Gasteiger charge is 2.20. The van der Waals surface area contributed by atoms with Gasteiger partial charge in [0.1, 0.15) is 23.7 Å². The van der Waals surface area contributed by atoms with E-state index in [0.29, 0.717) is 12.2 Å². The van der Waals surface area contributed by atoms with Crippen molar-refractivity contribution in [1.29, 1.82) is 0 Å². The first kappa shape index (κ1) is 11.7. The molecule has 0 bridgehead atoms. The van der Waals surface area contributed by atoms with E-state index in [0.717, 1.165) is 11.6 Å². The Morgan fingerprint density at radius 2 is 2.00 bits per heavy atom. The van der Waals surface area contributed by atoms with Crippen molar-refractivity contribution in [3.63, 3.8) is 0 Å². The fraction of sp³-hybridized carbons (Fsp3) is 0.600. The molecule has 2 aromatic heterocycles. The SMILES string of the molecule is Cc1nnc(Cn2cc(C(C)(C)O)nn2)n1C. The molecule has 0 aliphatic heterocycles. The Labute approximate surface area is 99.1 Å². The van der Waals surface area contributed by atoms with Gasteiger partial charge in [-0.15, -0.1) is 15.3 Å². The lowest BCUT2D eigenvalue weighted by molar-refractivity contribution is 0.0737. The van der Waals surface area contributed by atoms with Gasteiger partial charge in [-0.1, -0.05) is 5.21 Å². The van der Waals surface area contributed by atoms with Crippen LogP contribution in [-0.4, -0.2) is 34.9 Å². The molecular formula is C10H16N6O. The molecule has 92 valence electrons. The predicted molar refractivity (Wildman–Crippen MR) is 60.1 cm³/mol. The van der Waals surface area contributed by atoms with Gasteiger partial charge < -0.3 is 9.67 Å². The lowest BCUT2D eigenvalue weighted by atomic mass is 10.1. The Morgan fingerprint density at radius 3 is 2.47 bits per heavy atom. The molecule has 2 heterocycles. The third kappa shape index (κ3) is 2.33. The van der Waals surface area contributed by atoms with E-state index in [1.807, 2.05) is 18.5 Å². The maximum absolute atomic E-state index is 9.78. The number of aryl methyl sites for hydroxylation is 1. The van der Waals surface area contributed by atoms with Crippen LogP contribution in [0.1, 0.15) is 31.2 Å². The smallest absolute Gasteiger partial charge is 0.154 e. The fourth-order valence-corrected chi connectivity index (χ4v) is 1.39. The first-order valence-electron chi connectivity index (χ1n) is 5.36. The van der Waals surface area contributed by atoms with Crippen molar-refractivity contribution in [3.8, 4) is 0 Å². The van der Waals surface area contributed by atoms with Crippen molar-refractivity contribution >= 4 is 0 Å². The molecule has 7 nitrogen and oxygen atoms in total. The van der Waals surface area contributed by atoms with E-state index < -0.39 is 5.60 Å². The Bertz CT molecular complexity index is 521. The molecule has 0 saturated carbocycles. The van der Waals surface area contributed by atoms with Gasteiger partial charge in [0.2, 0.25) is 0 Å². The second-order valence-electron chi connectivity index (χ2n) is 4.58. The summed E-state index contributed by atoms with van der Waals surface area (Å²) in [5.74, 6) is 1.65. The van der Waals surface area contributed by atoms with Crippen LogP contribution in [0.15, 0.2) is 6.20 Å². The lowest BCUT2D eigenvalue weighted by Gasteiger charge is -2.11. The first-order valence-corrected chi connectivity index (χ1v) is 5.36. The van der Waals surface area contributed by atoms with Gasteiger partial charge >= 0.3 is 0 Å². The predicted octanol–water partition coefficient (Wildman–Crippen LogP) is -0.00928. The van der Waals surface area contributed by atoms with Crippen LogP contribution in [0.3, 0.4) is 0 Å². The van der Waals surface area contributed by atoms with Gasteiger partial charge in [-0.25, -0.2) is 4.68 Å². The zero-order valence-corrected chi connectivity index (χ0v) is 10.4. The Morgan fingerprint density at radius 1 is 1.29 bits per heavy atom. The molecule has 0 aliphatic carbocycles. The summed E-state index contributed by atoms with van der Waals surface area (Å²) in [5.41, 5.74) is -0.440. The highest BCUT2D eigenvalue weighted by atomic mass is 16.3. The number of rotatable bonds is 3. The molecule has 0 saturated heterocycles. The number of nitrogens with zero attached hydrogens (tertiary/aromatic N) is 6. The quantitative estimate of drug-likeness (QED) is 0.810. The van der Waals surface area contributed by atoms with Crippen molar-refractivity contribution in [3.05, 3.63) is 23.5 Å². The molecule has 0 aromatic carbocycles. The van der Waals surface area contributed by atoms with Crippen LogP contribution in [0.25, 0.3) is 0 Å². The van der Waals surface area contributed by atoms with Gasteiger partial charge in [-0.2, -0.15) is 0 Å². The lowest BCUT2D eigenvalue weighted by Crippen LogP contribution is -2.16. The van der Waals surface area contributed by atoms with Crippen LogP contribution in [0.4, 0.5) is 0 Å². The van der Waals surface area contributed by atoms with E-state index in [2.05, 4.69) is 20.5 Å². The maximum atomic E-state index is 9.78. The number of aromatic nitrogens is 6. The van der Waals surface area contributed by atoms with Crippen molar-refractivity contribution in [2.24, 2.45) is 7.05 Å². The summed E-state index contributed by atoms with van der Waals surface area (Å²) in [7, 11) is 1.90. The Kier molecular flexibility index (Phi) is 2.70. The third-order valence-electron chi connectivity index (χ3n) is 2.65. The Hall–Kier alpha value is -1.76. The first-order chi connectivity index (χ1) is 7.88. The standard InChI is InChI=1S/C10H16N6O/c1-7-11-13-9(15(7)4)6-16-5-8(12-14-16)10(2,3)17/h5,17H,6H2,1-4H3. The molecular weight excluding hydrogens is 220 g/mol. The molecule has 1 N–H and O–H groups in total. The molecule has 0 radical (unpaired) electrons. The van der Waals surface area contributed by atoms with Gasteiger partial charge in [0.25, 0.3) is 0 Å². The molecule has 2 rings (SSSR count). The minimum absolute atomic E-state index is 0.487. The summed E-state index contributed by atoms with van der Waals surface area (Å²) in [5, 5.41) is 25.7. The van der Waals surface area contributed by atoms with Crippen molar-refractivity contribution in [2.45, 2.75) is 32.9 Å². The van der Waals surface area contributed by atoms with E-state index in [9.17, 15) is 5.11 Å². The number of aliphatic hydroxyl groups is 1. The van der Waals surface area contributed by atoms with Crippen LogP contribution in [0, 0.1) is 6.92 Å². The summed E-state index contributed by atoms with van der Waals surface area (Å²) in [4.78, 5) is 0. The zero-order chi connectivity index (χ0) is 12.6. The summed E-state index contributed by atoms with van der Waals surface area (Å²) in [6.07, 6.45) is 1.71. The topological polar surface area (TPSA) is 81.7 Å². The number of hydrogen-bond donors (Lipinski definition) is 1. The summed E-state index contributed by atoms with van der Waals surface area (Å²) >= 11 is 0. The van der Waals surface area contributed by atoms with Crippen LogP contribution < -0.4 is 0 Å². The zero-order valence-electron chi connectivity index (χ0n) is 10.4. The van der Waals surface area contributed by atoms with Crippen LogP contribution in [0.5, 0.6) is 0 Å². The average molecular weight is 236 g/mol. The third-order valence-corrected chi connectivity index (χ3v) is 2.65. The highest BCUT2D eigenvalue weighted by molar-refractivity contribution is 5.04. The largest absolute Gasteiger partial charge is 0.384 e. The van der Waals surface area contributed by atoms with Gasteiger partial charge in [0.15, 0.2) is 5.82 Å². The molecule has 17 heavy (non-hydrogen) atoms. The van der Waals surface area contributed by atoms with Gasteiger partial charge in [-0.3, -0.25) is 0 Å². The second-order valence-corrected chi connectivity index (χ2v) is 4.58. The van der Waals surface area contributed by atoms with Crippen LogP contribution in [0.2, 0.25) is 0 Å². The van der Waals surface area contributed by atoms with E-state index in [1.165, 1.54) is 0 Å². The van der Waals surface area contributed by atoms with Crippen molar-refractivity contribution in [2.75, 3.05) is 0 Å². The van der Waals surface area contributed by atoms with Crippen LogP contribution in [-0.2, 0) is 19.2 Å². The summed E-state index contributed by atoms with van der Waals surface area (Å²) < 4.78 is 3.53. The average Bonchev–Trinajstić information content (AvgIpc) is 2.80. The second kappa shape index (κ2) is 3.92. The van der Waals surface area contributed by atoms with E-state index >= 15 is 0 Å². The molecule has 0 fully saturated rings. The molecule has 0 spiro atoms. The van der Waals surface area contributed by atoms with Gasteiger partial charge in [0.05, 0.1) is 6.20 Å². The van der Waals surface area contributed by atoms with Crippen molar-refractivity contribution in [1.82, 2.24) is 29.8 Å². The van der Waals surface area contributed by atoms with E-state index in [4.69, 9.17) is 0 Å². The highest BCUT2D eigenvalue weighted by Crippen LogP contribution is 2.15. The van der Waals surface area contributed by atoms with Gasteiger partial charge in [-0.05, 0) is 20.8 Å². The molecule has 0 unspecified atom stereocenters. The minimum atomic E-state index is -0.978. The monoisotopic (exact) mass is 236 g/mol. The summed E-state index contributed by atoms with van der Waals surface area (Å²) in [6, 6.07) is 0. The fourth-order valence-electron chi connectivity index (χ4n) is 1.39.